The number of aromatic nitrogens is 2. The number of nitrogens with zero attached hydrogens (tertiary/aromatic N) is 6. The standard InChI is InChI=1S/C30H33FN6/c1-4-22-16-29(20(2)35-30(22)27-7-5-6-25-24(17-32)9-10-26(25)27)37(31)34-19-21-8-11-28(33-18-21)23-12-14-36(3)15-13-23/h5-8,11,16,18-19,23-24H,4,9-10,12-15H2,1-3H3/b34-19+. The topological polar surface area (TPSA) is 68.4 Å². The number of fused-ring (bicyclic) bond motifs is 1. The Labute approximate surface area is 218 Å². The third kappa shape index (κ3) is 5.12. The predicted molar refractivity (Wildman–Crippen MR) is 145 cm³/mol. The van der Waals surface area contributed by atoms with Gasteiger partial charge >= 0.3 is 0 Å². The van der Waals surface area contributed by atoms with Gasteiger partial charge in [0.25, 0.3) is 0 Å². The number of aryl methyl sites for hydroxylation is 2. The van der Waals surface area contributed by atoms with Gasteiger partial charge in [0.1, 0.15) is 5.69 Å². The summed E-state index contributed by atoms with van der Waals surface area (Å²) in [7, 11) is 2.15. The first-order chi connectivity index (χ1) is 18.0. The van der Waals surface area contributed by atoms with E-state index in [4.69, 9.17) is 4.98 Å². The lowest BCUT2D eigenvalue weighted by Gasteiger charge is -2.28. The van der Waals surface area contributed by atoms with Crippen molar-refractivity contribution in [3.05, 3.63) is 76.2 Å². The third-order valence-corrected chi connectivity index (χ3v) is 7.78. The zero-order valence-electron chi connectivity index (χ0n) is 21.8. The second-order valence-corrected chi connectivity index (χ2v) is 10.1. The van der Waals surface area contributed by atoms with Gasteiger partial charge in [0.05, 0.1) is 29.6 Å². The van der Waals surface area contributed by atoms with Crippen molar-refractivity contribution in [2.45, 2.75) is 57.8 Å². The molecule has 6 nitrogen and oxygen atoms in total. The molecular weight excluding hydrogens is 463 g/mol. The lowest BCUT2D eigenvalue weighted by atomic mass is 9.93. The SMILES string of the molecule is CCc1cc(N(F)/N=C/c2ccc(C3CCN(C)CC3)nc2)c(C)nc1-c1cccc2c1CCC2C#N. The number of anilines is 1. The highest BCUT2D eigenvalue weighted by molar-refractivity contribution is 5.80. The van der Waals surface area contributed by atoms with Gasteiger partial charge in [-0.05, 0) is 94.1 Å². The first kappa shape index (κ1) is 25.0. The number of benzene rings is 1. The average molecular weight is 497 g/mol. The molecule has 1 aliphatic heterocycles. The van der Waals surface area contributed by atoms with Crippen LogP contribution < -0.4 is 5.23 Å². The Morgan fingerprint density at radius 3 is 2.73 bits per heavy atom. The Kier molecular flexibility index (Phi) is 7.29. The van der Waals surface area contributed by atoms with Gasteiger partial charge in [-0.15, -0.1) is 5.10 Å². The fraction of sp³-hybridized carbons (Fsp3) is 0.400. The number of halogens is 1. The van der Waals surface area contributed by atoms with E-state index in [0.717, 1.165) is 72.4 Å². The molecule has 190 valence electrons. The molecule has 3 heterocycles. The highest BCUT2D eigenvalue weighted by atomic mass is 19.2. The van der Waals surface area contributed by atoms with Crippen molar-refractivity contribution in [2.24, 2.45) is 5.10 Å². The minimum absolute atomic E-state index is 0.0657. The van der Waals surface area contributed by atoms with Gasteiger partial charge in [0.2, 0.25) is 0 Å². The number of hydrogen-bond acceptors (Lipinski definition) is 6. The molecule has 0 saturated carbocycles. The molecule has 37 heavy (non-hydrogen) atoms. The van der Waals surface area contributed by atoms with Crippen LogP contribution in [0, 0.1) is 18.3 Å². The van der Waals surface area contributed by atoms with Gasteiger partial charge in [-0.3, -0.25) is 9.97 Å². The molecule has 1 unspecified atom stereocenters. The van der Waals surface area contributed by atoms with Gasteiger partial charge in [0.15, 0.2) is 0 Å². The quantitative estimate of drug-likeness (QED) is 0.234. The Morgan fingerprint density at radius 2 is 2.03 bits per heavy atom. The second kappa shape index (κ2) is 10.8. The van der Waals surface area contributed by atoms with Gasteiger partial charge in [-0.2, -0.15) is 5.26 Å². The van der Waals surface area contributed by atoms with E-state index in [1.807, 2.05) is 37.3 Å². The van der Waals surface area contributed by atoms with Crippen LogP contribution in [0.15, 0.2) is 47.7 Å². The first-order valence-electron chi connectivity index (χ1n) is 13.1. The van der Waals surface area contributed by atoms with Crippen LogP contribution in [0.25, 0.3) is 11.3 Å². The molecule has 0 radical (unpaired) electrons. The maximum Gasteiger partial charge on any atom is 0.117 e. The number of nitriles is 1. The molecule has 0 amide bonds. The number of piperidine rings is 1. The Morgan fingerprint density at radius 1 is 1.22 bits per heavy atom. The summed E-state index contributed by atoms with van der Waals surface area (Å²) < 4.78 is 15.2. The van der Waals surface area contributed by atoms with Crippen LogP contribution >= 0.6 is 0 Å². The number of pyridine rings is 2. The van der Waals surface area contributed by atoms with Gasteiger partial charge in [-0.25, -0.2) is 0 Å². The van der Waals surface area contributed by atoms with E-state index in [-0.39, 0.29) is 5.92 Å². The Balaban J connectivity index is 1.36. The molecule has 1 saturated heterocycles. The van der Waals surface area contributed by atoms with E-state index in [1.54, 1.807) is 13.1 Å². The van der Waals surface area contributed by atoms with E-state index in [9.17, 15) is 5.26 Å². The van der Waals surface area contributed by atoms with Crippen LogP contribution in [0.2, 0.25) is 0 Å². The van der Waals surface area contributed by atoms with E-state index in [2.05, 4.69) is 34.2 Å². The van der Waals surface area contributed by atoms with E-state index < -0.39 is 0 Å². The maximum atomic E-state index is 15.2. The average Bonchev–Trinajstić information content (AvgIpc) is 3.36. The van der Waals surface area contributed by atoms with Crippen LogP contribution in [0.5, 0.6) is 0 Å². The van der Waals surface area contributed by atoms with Crippen molar-refractivity contribution in [1.82, 2.24) is 14.9 Å². The van der Waals surface area contributed by atoms with Gasteiger partial charge < -0.3 is 4.90 Å². The van der Waals surface area contributed by atoms with E-state index >= 15 is 4.48 Å². The monoisotopic (exact) mass is 496 g/mol. The molecule has 2 aromatic heterocycles. The van der Waals surface area contributed by atoms with Crippen LogP contribution in [-0.2, 0) is 12.8 Å². The normalized spacial score (nSPS) is 18.2. The highest BCUT2D eigenvalue weighted by Gasteiger charge is 2.26. The van der Waals surface area contributed by atoms with Crippen molar-refractivity contribution in [3.63, 3.8) is 0 Å². The molecule has 1 atom stereocenters. The summed E-state index contributed by atoms with van der Waals surface area (Å²) in [6.07, 6.45) is 7.89. The molecule has 7 heteroatoms. The van der Waals surface area contributed by atoms with Crippen LogP contribution in [0.4, 0.5) is 10.2 Å². The molecule has 1 aliphatic carbocycles. The second-order valence-electron chi connectivity index (χ2n) is 10.1. The van der Waals surface area contributed by atoms with Crippen molar-refractivity contribution in [2.75, 3.05) is 25.4 Å². The Hall–Kier alpha value is -3.63. The smallest absolute Gasteiger partial charge is 0.117 e. The highest BCUT2D eigenvalue weighted by Crippen LogP contribution is 2.40. The lowest BCUT2D eigenvalue weighted by molar-refractivity contribution is 0.253. The summed E-state index contributed by atoms with van der Waals surface area (Å²) in [5.41, 5.74) is 7.90. The fourth-order valence-electron chi connectivity index (χ4n) is 5.55. The molecule has 3 aromatic rings. The zero-order chi connectivity index (χ0) is 25.9. The minimum Gasteiger partial charge on any atom is -0.306 e. The lowest BCUT2D eigenvalue weighted by Crippen LogP contribution is -2.29. The summed E-state index contributed by atoms with van der Waals surface area (Å²) >= 11 is 0. The van der Waals surface area contributed by atoms with E-state index in [0.29, 0.717) is 29.0 Å². The molecule has 1 fully saturated rings. The maximum absolute atomic E-state index is 15.2. The fourth-order valence-corrected chi connectivity index (χ4v) is 5.55. The summed E-state index contributed by atoms with van der Waals surface area (Å²) in [6.45, 7) is 6.03. The molecule has 0 bridgehead atoms. The first-order valence-corrected chi connectivity index (χ1v) is 13.1. The van der Waals surface area contributed by atoms with Crippen molar-refractivity contribution < 1.29 is 4.48 Å². The van der Waals surface area contributed by atoms with Crippen LogP contribution in [-0.4, -0.2) is 41.2 Å². The predicted octanol–water partition coefficient (Wildman–Crippen LogP) is 6.10. The van der Waals surface area contributed by atoms with E-state index in [1.165, 1.54) is 11.8 Å². The number of likely N-dealkylation sites (tertiary alicyclic amines) is 1. The van der Waals surface area contributed by atoms with Crippen LogP contribution in [0.3, 0.4) is 0 Å². The molecule has 1 aromatic carbocycles. The van der Waals surface area contributed by atoms with Gasteiger partial charge in [0, 0.05) is 28.9 Å². The van der Waals surface area contributed by atoms with Gasteiger partial charge in [-0.1, -0.05) is 34.8 Å². The summed E-state index contributed by atoms with van der Waals surface area (Å²) in [6, 6.07) is 14.3. The summed E-state index contributed by atoms with van der Waals surface area (Å²) in [5, 5.41) is 14.0. The molecule has 2 aliphatic rings. The summed E-state index contributed by atoms with van der Waals surface area (Å²) in [4.78, 5) is 11.8. The molecule has 0 N–H and O–H groups in total. The van der Waals surface area contributed by atoms with Crippen molar-refractivity contribution in [1.29, 1.82) is 5.26 Å². The number of hydrogen-bond donors (Lipinski definition) is 0. The van der Waals surface area contributed by atoms with Crippen molar-refractivity contribution in [3.8, 4) is 17.3 Å². The molecular formula is C30H33FN6. The number of hydrazone groups is 1. The zero-order valence-corrected chi connectivity index (χ0v) is 21.8. The third-order valence-electron chi connectivity index (χ3n) is 7.78. The number of rotatable bonds is 6. The largest absolute Gasteiger partial charge is 0.306 e. The molecule has 5 rings (SSSR count). The minimum atomic E-state index is -0.0657. The van der Waals surface area contributed by atoms with Crippen LogP contribution in [0.1, 0.15) is 71.7 Å². The Bertz CT molecular complexity index is 1340. The van der Waals surface area contributed by atoms with Crippen molar-refractivity contribution >= 4 is 11.9 Å². The molecule has 0 spiro atoms. The summed E-state index contributed by atoms with van der Waals surface area (Å²) in [5.74, 6) is 0.417.